The van der Waals surface area contributed by atoms with Gasteiger partial charge in [0.15, 0.2) is 5.78 Å². The minimum absolute atomic E-state index is 0.142. The normalized spacial score (nSPS) is 10.5. The minimum atomic E-state index is -0.408. The highest BCUT2D eigenvalue weighted by Crippen LogP contribution is 2.15. The van der Waals surface area contributed by atoms with Gasteiger partial charge in [-0.15, -0.1) is 5.10 Å². The Bertz CT molecular complexity index is 541. The van der Waals surface area contributed by atoms with Crippen molar-refractivity contribution < 1.29 is 9.18 Å². The Kier molecular flexibility index (Phi) is 3.53. The molecule has 6 heteroatoms. The Morgan fingerprint density at radius 3 is 3.00 bits per heavy atom. The summed E-state index contributed by atoms with van der Waals surface area (Å²) in [6.07, 6.45) is 0. The molecule has 88 valence electrons. The van der Waals surface area contributed by atoms with E-state index in [0.29, 0.717) is 16.5 Å². The molecule has 0 spiro atoms. The van der Waals surface area contributed by atoms with Gasteiger partial charge in [-0.2, -0.15) is 0 Å². The molecular formula is C11H10FN3OS. The molecule has 1 heterocycles. The van der Waals surface area contributed by atoms with Crippen molar-refractivity contribution in [1.82, 2.24) is 15.2 Å². The Balaban J connectivity index is 1.98. The summed E-state index contributed by atoms with van der Waals surface area (Å²) in [5, 5.41) is 7.11. The Labute approximate surface area is 102 Å². The van der Waals surface area contributed by atoms with Gasteiger partial charge in [0.25, 0.3) is 0 Å². The molecule has 0 saturated carbocycles. The van der Waals surface area contributed by atoms with Gasteiger partial charge < -0.3 is 0 Å². The van der Waals surface area contributed by atoms with E-state index in [1.165, 1.54) is 30.0 Å². The molecule has 1 aromatic carbocycles. The molecule has 0 radical (unpaired) electrons. The number of thioether (sulfide) groups is 1. The summed E-state index contributed by atoms with van der Waals surface area (Å²) in [6, 6.07) is 5.65. The zero-order valence-electron chi connectivity index (χ0n) is 9.11. The van der Waals surface area contributed by atoms with Gasteiger partial charge in [-0.25, -0.2) is 9.37 Å². The van der Waals surface area contributed by atoms with E-state index in [1.807, 2.05) is 0 Å². The maximum Gasteiger partial charge on any atom is 0.208 e. The molecule has 2 rings (SSSR count). The molecule has 0 aliphatic rings. The minimum Gasteiger partial charge on any atom is -0.293 e. The Morgan fingerprint density at radius 1 is 1.53 bits per heavy atom. The van der Waals surface area contributed by atoms with E-state index in [9.17, 15) is 9.18 Å². The number of hydrogen-bond acceptors (Lipinski definition) is 4. The van der Waals surface area contributed by atoms with Crippen LogP contribution in [0.4, 0.5) is 4.39 Å². The van der Waals surface area contributed by atoms with Crippen LogP contribution in [0.5, 0.6) is 0 Å². The summed E-state index contributed by atoms with van der Waals surface area (Å²) in [7, 11) is 0. The molecule has 2 aromatic rings. The number of rotatable bonds is 4. The fourth-order valence-corrected chi connectivity index (χ4v) is 2.00. The zero-order chi connectivity index (χ0) is 12.3. The van der Waals surface area contributed by atoms with Crippen LogP contribution in [-0.2, 0) is 0 Å². The number of benzene rings is 1. The van der Waals surface area contributed by atoms with Crippen molar-refractivity contribution >= 4 is 17.5 Å². The lowest BCUT2D eigenvalue weighted by Crippen LogP contribution is -2.02. The number of aryl methyl sites for hydroxylation is 1. The predicted octanol–water partition coefficient (Wildman–Crippen LogP) is 2.23. The summed E-state index contributed by atoms with van der Waals surface area (Å²) < 4.78 is 12.9. The van der Waals surface area contributed by atoms with Gasteiger partial charge in [0, 0.05) is 5.56 Å². The van der Waals surface area contributed by atoms with Crippen LogP contribution >= 0.6 is 11.8 Å². The fourth-order valence-electron chi connectivity index (χ4n) is 1.26. The first kappa shape index (κ1) is 11.8. The van der Waals surface area contributed by atoms with Crippen LogP contribution < -0.4 is 0 Å². The van der Waals surface area contributed by atoms with Gasteiger partial charge in [0.05, 0.1) is 5.75 Å². The first-order valence-corrected chi connectivity index (χ1v) is 5.94. The van der Waals surface area contributed by atoms with Crippen molar-refractivity contribution in [2.45, 2.75) is 12.1 Å². The van der Waals surface area contributed by atoms with Crippen LogP contribution in [0.2, 0.25) is 0 Å². The van der Waals surface area contributed by atoms with Crippen molar-refractivity contribution in [1.29, 1.82) is 0 Å². The van der Waals surface area contributed by atoms with Crippen LogP contribution in [0.25, 0.3) is 0 Å². The number of nitrogens with zero attached hydrogens (tertiary/aromatic N) is 2. The quantitative estimate of drug-likeness (QED) is 0.668. The number of H-pyrrole nitrogens is 1. The van der Waals surface area contributed by atoms with Gasteiger partial charge in [0.2, 0.25) is 5.16 Å². The fraction of sp³-hybridized carbons (Fsp3) is 0.182. The molecule has 0 aliphatic carbocycles. The number of carbonyl (C=O) groups excluding carboxylic acids is 1. The zero-order valence-corrected chi connectivity index (χ0v) is 9.92. The standard InChI is InChI=1S/C11H10FN3OS/c1-7-13-11(15-14-7)17-6-10(16)8-3-2-4-9(12)5-8/h2-5H,6H2,1H3,(H,13,14,15). The molecule has 0 amide bonds. The monoisotopic (exact) mass is 251 g/mol. The predicted molar refractivity (Wildman–Crippen MR) is 62.6 cm³/mol. The summed E-state index contributed by atoms with van der Waals surface area (Å²) in [4.78, 5) is 15.8. The van der Waals surface area contributed by atoms with E-state index in [4.69, 9.17) is 0 Å². The molecule has 1 aromatic heterocycles. The molecule has 0 aliphatic heterocycles. The topological polar surface area (TPSA) is 58.6 Å². The first-order chi connectivity index (χ1) is 8.15. The highest BCUT2D eigenvalue weighted by atomic mass is 32.2. The number of aromatic nitrogens is 3. The second kappa shape index (κ2) is 5.09. The molecule has 0 fully saturated rings. The van der Waals surface area contributed by atoms with Gasteiger partial charge >= 0.3 is 0 Å². The van der Waals surface area contributed by atoms with E-state index in [-0.39, 0.29) is 11.5 Å². The van der Waals surface area contributed by atoms with Crippen LogP contribution in [0.1, 0.15) is 16.2 Å². The SMILES string of the molecule is Cc1nc(SCC(=O)c2cccc(F)c2)n[nH]1. The van der Waals surface area contributed by atoms with E-state index >= 15 is 0 Å². The van der Waals surface area contributed by atoms with Crippen molar-refractivity contribution in [3.63, 3.8) is 0 Å². The van der Waals surface area contributed by atoms with Crippen LogP contribution in [-0.4, -0.2) is 26.7 Å². The molecule has 1 N–H and O–H groups in total. The molecule has 0 atom stereocenters. The smallest absolute Gasteiger partial charge is 0.208 e. The van der Waals surface area contributed by atoms with Crippen molar-refractivity contribution in [2.75, 3.05) is 5.75 Å². The molecule has 0 unspecified atom stereocenters. The Morgan fingerprint density at radius 2 is 2.35 bits per heavy atom. The molecule has 0 saturated heterocycles. The second-order valence-corrected chi connectivity index (χ2v) is 4.37. The summed E-state index contributed by atoms with van der Waals surface area (Å²) in [6.45, 7) is 1.78. The number of Topliss-reactive ketones (excluding diaryl/α,β-unsaturated/α-hetero) is 1. The third-order valence-corrected chi connectivity index (χ3v) is 2.90. The maximum absolute atomic E-state index is 12.9. The number of halogens is 1. The number of ketones is 1. The van der Waals surface area contributed by atoms with Gasteiger partial charge in [-0.3, -0.25) is 9.89 Å². The Hall–Kier alpha value is -1.69. The van der Waals surface area contributed by atoms with E-state index < -0.39 is 5.82 Å². The highest BCUT2D eigenvalue weighted by Gasteiger charge is 2.09. The van der Waals surface area contributed by atoms with E-state index in [2.05, 4.69) is 15.2 Å². The van der Waals surface area contributed by atoms with Gasteiger partial charge in [-0.05, 0) is 19.1 Å². The summed E-state index contributed by atoms with van der Waals surface area (Å²) >= 11 is 1.22. The highest BCUT2D eigenvalue weighted by molar-refractivity contribution is 7.99. The lowest BCUT2D eigenvalue weighted by atomic mass is 10.1. The van der Waals surface area contributed by atoms with Crippen molar-refractivity contribution in [3.05, 3.63) is 41.5 Å². The lowest BCUT2D eigenvalue weighted by molar-refractivity contribution is 0.102. The first-order valence-electron chi connectivity index (χ1n) is 4.96. The third-order valence-electron chi connectivity index (χ3n) is 2.06. The van der Waals surface area contributed by atoms with E-state index in [1.54, 1.807) is 13.0 Å². The number of aromatic amines is 1. The second-order valence-electron chi connectivity index (χ2n) is 3.43. The number of carbonyl (C=O) groups is 1. The van der Waals surface area contributed by atoms with Crippen molar-refractivity contribution in [3.8, 4) is 0 Å². The van der Waals surface area contributed by atoms with Crippen LogP contribution in [0.15, 0.2) is 29.4 Å². The van der Waals surface area contributed by atoms with Crippen LogP contribution in [0, 0.1) is 12.7 Å². The van der Waals surface area contributed by atoms with Crippen molar-refractivity contribution in [2.24, 2.45) is 0 Å². The average Bonchev–Trinajstić information content (AvgIpc) is 2.72. The average molecular weight is 251 g/mol. The molecule has 4 nitrogen and oxygen atoms in total. The molecule has 17 heavy (non-hydrogen) atoms. The lowest BCUT2D eigenvalue weighted by Gasteiger charge is -1.98. The number of hydrogen-bond donors (Lipinski definition) is 1. The largest absolute Gasteiger partial charge is 0.293 e. The number of nitrogens with one attached hydrogen (secondary N) is 1. The summed E-state index contributed by atoms with van der Waals surface area (Å²) in [5.41, 5.74) is 0.366. The third kappa shape index (κ3) is 3.13. The van der Waals surface area contributed by atoms with E-state index in [0.717, 1.165) is 0 Å². The molecule has 0 bridgehead atoms. The summed E-state index contributed by atoms with van der Waals surface area (Å²) in [5.74, 6) is 0.345. The maximum atomic E-state index is 12.9. The van der Waals surface area contributed by atoms with Gasteiger partial charge in [0.1, 0.15) is 11.6 Å². The van der Waals surface area contributed by atoms with Gasteiger partial charge in [-0.1, -0.05) is 23.9 Å². The van der Waals surface area contributed by atoms with Crippen LogP contribution in [0.3, 0.4) is 0 Å². The molecular weight excluding hydrogens is 241 g/mol.